The van der Waals surface area contributed by atoms with Gasteiger partial charge < -0.3 is 28.4 Å². The molecule has 0 saturated carbocycles. The second kappa shape index (κ2) is 13.5. The minimum Gasteiger partial charge on any atom is -0.496 e. The average Bonchev–Trinajstić information content (AvgIpc) is 3.01. The van der Waals surface area contributed by atoms with Gasteiger partial charge in [-0.25, -0.2) is 0 Å². The molecule has 0 spiro atoms. The van der Waals surface area contributed by atoms with Crippen molar-refractivity contribution in [3.63, 3.8) is 0 Å². The number of methoxy groups -OCH3 is 6. The van der Waals surface area contributed by atoms with Crippen molar-refractivity contribution in [3.05, 3.63) is 42.5 Å². The summed E-state index contributed by atoms with van der Waals surface area (Å²) in [5.74, 6) is 4.16. The first-order chi connectivity index (χ1) is 21.2. The van der Waals surface area contributed by atoms with E-state index in [1.807, 2.05) is 24.3 Å². The molecule has 1 saturated heterocycles. The highest BCUT2D eigenvalue weighted by atomic mass is 31.1. The van der Waals surface area contributed by atoms with Crippen LogP contribution in [0.25, 0.3) is 22.3 Å². The smallest absolute Gasteiger partial charge is 0.134 e. The predicted molar refractivity (Wildman–Crippen MR) is 184 cm³/mol. The van der Waals surface area contributed by atoms with E-state index in [4.69, 9.17) is 28.4 Å². The summed E-state index contributed by atoms with van der Waals surface area (Å²) in [6.45, 7) is 13.6. The number of benzene rings is 3. The lowest BCUT2D eigenvalue weighted by Crippen LogP contribution is -2.44. The van der Waals surface area contributed by atoms with Crippen LogP contribution in [0.2, 0.25) is 0 Å². The molecule has 7 nitrogen and oxygen atoms in total. The first kappa shape index (κ1) is 34.4. The van der Waals surface area contributed by atoms with E-state index in [2.05, 4.69) is 59.7 Å². The van der Waals surface area contributed by atoms with Gasteiger partial charge in [0, 0.05) is 37.1 Å². The van der Waals surface area contributed by atoms with E-state index < -0.39 is 7.92 Å². The van der Waals surface area contributed by atoms with Gasteiger partial charge in [0.05, 0.1) is 53.8 Å². The minimum atomic E-state index is -0.983. The van der Waals surface area contributed by atoms with Gasteiger partial charge in [0.15, 0.2) is 0 Å². The van der Waals surface area contributed by atoms with Gasteiger partial charge in [0.1, 0.15) is 40.3 Å². The van der Waals surface area contributed by atoms with Crippen LogP contribution < -0.4 is 33.7 Å². The van der Waals surface area contributed by atoms with E-state index in [0.29, 0.717) is 53.1 Å². The molecule has 0 amide bonds. The van der Waals surface area contributed by atoms with Crippen molar-refractivity contribution < 1.29 is 33.2 Å². The third-order valence-corrected chi connectivity index (χ3v) is 13.0. The molecule has 45 heavy (non-hydrogen) atoms. The van der Waals surface area contributed by atoms with E-state index >= 15 is 0 Å². The molecular weight excluding hydrogens is 587 g/mol. The van der Waals surface area contributed by atoms with Crippen molar-refractivity contribution in [1.29, 1.82) is 0 Å². The molecule has 3 aromatic carbocycles. The van der Waals surface area contributed by atoms with Crippen molar-refractivity contribution in [2.45, 2.75) is 65.7 Å². The molecule has 4 rings (SSSR count). The predicted octanol–water partition coefficient (Wildman–Crippen LogP) is 8.37. The molecule has 1 aliphatic rings. The highest BCUT2D eigenvalue weighted by Gasteiger charge is 2.48. The highest BCUT2D eigenvalue weighted by molar-refractivity contribution is 7.68. The van der Waals surface area contributed by atoms with E-state index in [-0.39, 0.29) is 22.1 Å². The summed E-state index contributed by atoms with van der Waals surface area (Å²) in [7, 11) is 8.94. The lowest BCUT2D eigenvalue weighted by Gasteiger charge is -2.50. The molecule has 0 bridgehead atoms. The number of Topliss-reactive ketones (excluding diaryl/α,β-unsaturated/α-hetero) is 1. The van der Waals surface area contributed by atoms with Gasteiger partial charge >= 0.3 is 0 Å². The van der Waals surface area contributed by atoms with Gasteiger partial charge in [0.25, 0.3) is 0 Å². The Hall–Kier alpha value is -3.44. The summed E-state index contributed by atoms with van der Waals surface area (Å²) >= 11 is 0. The van der Waals surface area contributed by atoms with Gasteiger partial charge in [-0.15, -0.1) is 0 Å². The van der Waals surface area contributed by atoms with Crippen molar-refractivity contribution in [1.82, 2.24) is 0 Å². The van der Waals surface area contributed by atoms with Crippen LogP contribution in [-0.2, 0) is 4.79 Å². The molecule has 2 atom stereocenters. The third-order valence-electron chi connectivity index (χ3n) is 8.78. The summed E-state index contributed by atoms with van der Waals surface area (Å²) in [5, 5.41) is 1.17. The quantitative estimate of drug-likeness (QED) is 0.219. The number of ketones is 1. The number of hydrogen-bond donors (Lipinski definition) is 0. The maximum Gasteiger partial charge on any atom is 0.134 e. The Morgan fingerprint density at radius 1 is 0.578 bits per heavy atom. The minimum absolute atomic E-state index is 0.114. The van der Waals surface area contributed by atoms with E-state index in [0.717, 1.165) is 22.3 Å². The second-order valence-corrected chi connectivity index (χ2v) is 16.1. The van der Waals surface area contributed by atoms with Crippen LogP contribution in [-0.4, -0.2) is 59.8 Å². The molecule has 0 aromatic heterocycles. The lowest BCUT2D eigenvalue weighted by molar-refractivity contribution is -0.120. The maximum absolute atomic E-state index is 13.5. The van der Waals surface area contributed by atoms with Crippen LogP contribution in [0.4, 0.5) is 0 Å². The Bertz CT molecular complexity index is 1370. The Labute approximate surface area is 270 Å². The molecule has 1 heterocycles. The molecule has 244 valence electrons. The van der Waals surface area contributed by atoms with Crippen molar-refractivity contribution in [2.24, 2.45) is 10.8 Å². The zero-order valence-electron chi connectivity index (χ0n) is 28.9. The van der Waals surface area contributed by atoms with Gasteiger partial charge in [-0.3, -0.25) is 4.79 Å². The molecule has 3 aromatic rings. The number of ether oxygens (including phenoxy) is 6. The van der Waals surface area contributed by atoms with Gasteiger partial charge in [0.2, 0.25) is 0 Å². The average molecular weight is 637 g/mol. The fourth-order valence-electron chi connectivity index (χ4n) is 6.45. The summed E-state index contributed by atoms with van der Waals surface area (Å²) in [4.78, 5) is 13.5. The molecule has 0 aliphatic carbocycles. The molecule has 1 fully saturated rings. The molecule has 2 unspecified atom stereocenters. The second-order valence-electron chi connectivity index (χ2n) is 13.6. The van der Waals surface area contributed by atoms with Crippen molar-refractivity contribution in [2.75, 3.05) is 42.7 Å². The largest absolute Gasteiger partial charge is 0.496 e. The van der Waals surface area contributed by atoms with Crippen LogP contribution in [0, 0.1) is 10.8 Å². The first-order valence-electron chi connectivity index (χ1n) is 15.3. The zero-order valence-corrected chi connectivity index (χ0v) is 29.8. The Morgan fingerprint density at radius 2 is 0.911 bits per heavy atom. The third kappa shape index (κ3) is 6.74. The highest BCUT2D eigenvalue weighted by Crippen LogP contribution is 2.64. The fourth-order valence-corrected chi connectivity index (χ4v) is 10.9. The monoisotopic (exact) mass is 636 g/mol. The molecule has 1 aliphatic heterocycles. The van der Waals surface area contributed by atoms with Gasteiger partial charge in [-0.1, -0.05) is 67.7 Å². The maximum atomic E-state index is 13.5. The van der Waals surface area contributed by atoms with E-state index in [1.54, 1.807) is 42.7 Å². The molecule has 0 radical (unpaired) electrons. The Balaban J connectivity index is 2.26. The normalized spacial score (nSPS) is 18.8. The van der Waals surface area contributed by atoms with Crippen molar-refractivity contribution >= 4 is 19.0 Å². The van der Waals surface area contributed by atoms with Gasteiger partial charge in [-0.05, 0) is 38.6 Å². The summed E-state index contributed by atoms with van der Waals surface area (Å²) in [6, 6.07) is 13.9. The summed E-state index contributed by atoms with van der Waals surface area (Å²) < 4.78 is 35.3. The number of carbonyl (C=O) groups is 1. The Morgan fingerprint density at radius 3 is 1.18 bits per heavy atom. The first-order valence-corrected chi connectivity index (χ1v) is 16.8. The fraction of sp³-hybridized carbons (Fsp3) is 0.486. The van der Waals surface area contributed by atoms with Crippen LogP contribution in [0.5, 0.6) is 34.5 Å². The molecular formula is C37H49O7P. The zero-order chi connectivity index (χ0) is 33.3. The van der Waals surface area contributed by atoms with E-state index in [9.17, 15) is 4.79 Å². The van der Waals surface area contributed by atoms with Crippen LogP contribution >= 0.6 is 7.92 Å². The summed E-state index contributed by atoms with van der Waals surface area (Å²) in [5.41, 5.74) is 3.61. The van der Waals surface area contributed by atoms with Crippen LogP contribution in [0.1, 0.15) is 54.4 Å². The molecule has 8 heteroatoms. The summed E-state index contributed by atoms with van der Waals surface area (Å²) in [6.07, 6.45) is 1.06. The standard InChI is InChI=1S/C37H49O7P/c1-36(2,3)31-16-22(38)17-32(37(4,5)6)45(31)35-25(33-27(41-9)18-23(39-7)19-28(33)42-10)14-13-15-26(35)34-29(43-11)20-24(40-8)21-30(34)44-12/h13-15,18-21,31-32H,16-17H2,1-12H3. The van der Waals surface area contributed by atoms with E-state index in [1.165, 1.54) is 5.30 Å². The number of hydrogen-bond acceptors (Lipinski definition) is 7. The van der Waals surface area contributed by atoms with Crippen LogP contribution in [0.15, 0.2) is 42.5 Å². The van der Waals surface area contributed by atoms with Gasteiger partial charge in [-0.2, -0.15) is 0 Å². The van der Waals surface area contributed by atoms with Crippen LogP contribution in [0.3, 0.4) is 0 Å². The van der Waals surface area contributed by atoms with Crippen molar-refractivity contribution in [3.8, 4) is 56.8 Å². The topological polar surface area (TPSA) is 72.5 Å². The Kier molecular flexibility index (Phi) is 10.3. The lowest BCUT2D eigenvalue weighted by atomic mass is 9.84. The number of carbonyl (C=O) groups excluding carboxylic acids is 1. The SMILES string of the molecule is COc1cc(OC)c(-c2cccc(-c3c(OC)cc(OC)cc3OC)c2P2C(C(C)(C)C)CC(=O)CC2C(C)(C)C)c(OC)c1. The molecule has 0 N–H and O–H groups in total. The number of rotatable bonds is 9.